The Bertz CT molecular complexity index is 1690. The molecule has 0 spiro atoms. The van der Waals surface area contributed by atoms with E-state index >= 15 is 0 Å². The van der Waals surface area contributed by atoms with Gasteiger partial charge in [-0.05, 0) is 80.1 Å². The minimum Gasteiger partial charge on any atom is -0.492 e. The lowest BCUT2D eigenvalue weighted by Gasteiger charge is -2.25. The molecule has 0 saturated carbocycles. The van der Waals surface area contributed by atoms with E-state index in [2.05, 4.69) is 15.8 Å². The minimum atomic E-state index is -4.19. The zero-order chi connectivity index (χ0) is 30.1. The van der Waals surface area contributed by atoms with E-state index in [0.29, 0.717) is 39.9 Å². The third kappa shape index (κ3) is 7.54. The molecule has 11 heteroatoms. The molecule has 0 aliphatic rings. The summed E-state index contributed by atoms with van der Waals surface area (Å²) in [7, 11) is -4.19. The predicted octanol–water partition coefficient (Wildman–Crippen LogP) is 5.73. The van der Waals surface area contributed by atoms with Gasteiger partial charge < -0.3 is 10.1 Å². The first-order chi connectivity index (χ1) is 20.2. The van der Waals surface area contributed by atoms with Crippen LogP contribution in [0.25, 0.3) is 0 Å². The molecular formula is C31H29ClN4O5S. The fourth-order valence-corrected chi connectivity index (χ4v) is 5.52. The van der Waals surface area contributed by atoms with Gasteiger partial charge in [0.1, 0.15) is 12.3 Å². The molecule has 0 fully saturated rings. The molecule has 2 N–H and O–H groups in total. The number of ether oxygens (including phenoxy) is 1. The highest BCUT2D eigenvalue weighted by Gasteiger charge is 2.29. The van der Waals surface area contributed by atoms with Gasteiger partial charge in [-0.25, -0.2) is 13.8 Å². The Morgan fingerprint density at radius 1 is 0.881 bits per heavy atom. The second-order valence-electron chi connectivity index (χ2n) is 9.00. The number of anilines is 2. The SMILES string of the molecule is CCOc1ccccc1N(CC(=O)N/N=C(/C)c1cccc(NC(=O)c2ccccc2)c1)S(=O)(=O)c1ccc(Cl)cc1. The van der Waals surface area contributed by atoms with Crippen LogP contribution in [0.1, 0.15) is 29.8 Å². The van der Waals surface area contributed by atoms with Crippen LogP contribution in [0, 0.1) is 0 Å². The van der Waals surface area contributed by atoms with E-state index in [-0.39, 0.29) is 16.5 Å². The number of nitrogens with one attached hydrogen (secondary N) is 2. The highest BCUT2D eigenvalue weighted by atomic mass is 35.5. The molecular weight excluding hydrogens is 576 g/mol. The summed E-state index contributed by atoms with van der Waals surface area (Å²) in [5.74, 6) is -0.629. The molecule has 2 amide bonds. The summed E-state index contributed by atoms with van der Waals surface area (Å²) >= 11 is 5.97. The molecule has 4 aromatic rings. The largest absolute Gasteiger partial charge is 0.492 e. The smallest absolute Gasteiger partial charge is 0.264 e. The molecule has 216 valence electrons. The van der Waals surface area contributed by atoms with Gasteiger partial charge in [-0.15, -0.1) is 0 Å². The summed E-state index contributed by atoms with van der Waals surface area (Å²) in [5.41, 5.74) is 4.81. The average Bonchev–Trinajstić information content (AvgIpc) is 3.00. The Hall–Kier alpha value is -4.67. The molecule has 0 aliphatic heterocycles. The lowest BCUT2D eigenvalue weighted by Crippen LogP contribution is -2.40. The van der Waals surface area contributed by atoms with Crippen LogP contribution in [0.4, 0.5) is 11.4 Å². The fourth-order valence-electron chi connectivity index (χ4n) is 3.97. The fraction of sp³-hybridized carbons (Fsp3) is 0.129. The number of sulfonamides is 1. The number of hydrogen-bond acceptors (Lipinski definition) is 6. The Morgan fingerprint density at radius 3 is 2.26 bits per heavy atom. The summed E-state index contributed by atoms with van der Waals surface area (Å²) in [4.78, 5) is 25.6. The molecule has 0 aliphatic carbocycles. The Kier molecular flexibility index (Phi) is 9.95. The van der Waals surface area contributed by atoms with Crippen LogP contribution in [0.15, 0.2) is 113 Å². The predicted molar refractivity (Wildman–Crippen MR) is 165 cm³/mol. The molecule has 4 rings (SSSR count). The first kappa shape index (κ1) is 30.3. The van der Waals surface area contributed by atoms with Gasteiger partial charge in [0.25, 0.3) is 21.8 Å². The number of para-hydroxylation sites is 2. The zero-order valence-corrected chi connectivity index (χ0v) is 24.5. The molecule has 0 bridgehead atoms. The number of rotatable bonds is 11. The summed E-state index contributed by atoms with van der Waals surface area (Å²) in [6, 6.07) is 28.1. The number of halogens is 1. The first-order valence-corrected chi connectivity index (χ1v) is 14.8. The van der Waals surface area contributed by atoms with Gasteiger partial charge in [0.15, 0.2) is 0 Å². The van der Waals surface area contributed by atoms with Gasteiger partial charge in [0, 0.05) is 16.3 Å². The standard InChI is InChI=1S/C31H29ClN4O5S/c1-3-41-29-15-8-7-14-28(29)36(42(39,40)27-18-16-25(32)17-19-27)21-30(37)35-34-22(2)24-12-9-13-26(20-24)33-31(38)23-10-5-4-6-11-23/h4-20H,3,21H2,1-2H3,(H,33,38)(H,35,37)/b34-22-. The van der Waals surface area contributed by atoms with Crippen molar-refractivity contribution in [1.82, 2.24) is 5.43 Å². The van der Waals surface area contributed by atoms with Crippen LogP contribution >= 0.6 is 11.6 Å². The molecule has 0 atom stereocenters. The van der Waals surface area contributed by atoms with Crippen molar-refractivity contribution in [3.05, 3.63) is 119 Å². The van der Waals surface area contributed by atoms with Crippen LogP contribution < -0.4 is 19.8 Å². The average molecular weight is 605 g/mol. The van der Waals surface area contributed by atoms with E-state index in [4.69, 9.17) is 16.3 Å². The van der Waals surface area contributed by atoms with Crippen molar-refractivity contribution in [3.63, 3.8) is 0 Å². The zero-order valence-electron chi connectivity index (χ0n) is 23.0. The van der Waals surface area contributed by atoms with Crippen LogP contribution in [0.2, 0.25) is 5.02 Å². The van der Waals surface area contributed by atoms with E-state index in [0.717, 1.165) is 4.31 Å². The van der Waals surface area contributed by atoms with Crippen molar-refractivity contribution in [2.75, 3.05) is 22.8 Å². The van der Waals surface area contributed by atoms with Crippen molar-refractivity contribution in [2.45, 2.75) is 18.7 Å². The van der Waals surface area contributed by atoms with Gasteiger partial charge in [-0.1, -0.05) is 54.1 Å². The molecule has 0 unspecified atom stereocenters. The topological polar surface area (TPSA) is 117 Å². The Morgan fingerprint density at radius 2 is 1.55 bits per heavy atom. The number of carbonyl (C=O) groups excluding carboxylic acids is 2. The third-order valence-corrected chi connectivity index (χ3v) is 8.07. The first-order valence-electron chi connectivity index (χ1n) is 13.0. The number of hydrogen-bond donors (Lipinski definition) is 2. The van der Waals surface area contributed by atoms with Gasteiger partial charge in [-0.2, -0.15) is 5.10 Å². The van der Waals surface area contributed by atoms with Crippen molar-refractivity contribution in [3.8, 4) is 5.75 Å². The molecule has 0 aromatic heterocycles. The van der Waals surface area contributed by atoms with Crippen LogP contribution in [0.5, 0.6) is 5.75 Å². The Balaban J connectivity index is 1.54. The van der Waals surface area contributed by atoms with E-state index in [1.165, 1.54) is 24.3 Å². The van der Waals surface area contributed by atoms with Gasteiger partial charge >= 0.3 is 0 Å². The maximum absolute atomic E-state index is 13.7. The number of nitrogens with zero attached hydrogens (tertiary/aromatic N) is 2. The number of hydrazone groups is 1. The van der Waals surface area contributed by atoms with E-state index in [9.17, 15) is 18.0 Å². The molecule has 0 heterocycles. The molecule has 0 saturated heterocycles. The third-order valence-electron chi connectivity index (χ3n) is 6.05. The quantitative estimate of drug-likeness (QED) is 0.168. The van der Waals surface area contributed by atoms with Crippen LogP contribution in [0.3, 0.4) is 0 Å². The van der Waals surface area contributed by atoms with E-state index in [1.807, 2.05) is 6.07 Å². The van der Waals surface area contributed by atoms with Gasteiger partial charge in [0.05, 0.1) is 22.9 Å². The second-order valence-corrected chi connectivity index (χ2v) is 11.3. The monoisotopic (exact) mass is 604 g/mol. The van der Waals surface area contributed by atoms with Crippen molar-refractivity contribution >= 4 is 50.5 Å². The van der Waals surface area contributed by atoms with Gasteiger partial charge in [0.2, 0.25) is 0 Å². The van der Waals surface area contributed by atoms with Crippen molar-refractivity contribution < 1.29 is 22.7 Å². The molecule has 42 heavy (non-hydrogen) atoms. The van der Waals surface area contributed by atoms with E-state index in [1.54, 1.807) is 86.6 Å². The van der Waals surface area contributed by atoms with Crippen molar-refractivity contribution in [1.29, 1.82) is 0 Å². The molecule has 9 nitrogen and oxygen atoms in total. The van der Waals surface area contributed by atoms with Gasteiger partial charge in [-0.3, -0.25) is 13.9 Å². The minimum absolute atomic E-state index is 0.0416. The maximum Gasteiger partial charge on any atom is 0.264 e. The maximum atomic E-state index is 13.7. The van der Waals surface area contributed by atoms with Crippen LogP contribution in [-0.4, -0.2) is 39.1 Å². The lowest BCUT2D eigenvalue weighted by molar-refractivity contribution is -0.119. The van der Waals surface area contributed by atoms with E-state index < -0.39 is 22.5 Å². The molecule has 0 radical (unpaired) electrons. The van der Waals surface area contributed by atoms with Crippen molar-refractivity contribution in [2.24, 2.45) is 5.10 Å². The number of amides is 2. The second kappa shape index (κ2) is 13.8. The summed E-state index contributed by atoms with van der Waals surface area (Å²) in [6.07, 6.45) is 0. The lowest BCUT2D eigenvalue weighted by atomic mass is 10.1. The highest BCUT2D eigenvalue weighted by molar-refractivity contribution is 7.92. The summed E-state index contributed by atoms with van der Waals surface area (Å²) in [5, 5.41) is 7.39. The number of benzene rings is 4. The van der Waals surface area contributed by atoms with Crippen LogP contribution in [-0.2, 0) is 14.8 Å². The highest BCUT2D eigenvalue weighted by Crippen LogP contribution is 2.32. The molecule has 4 aromatic carbocycles. The summed E-state index contributed by atoms with van der Waals surface area (Å²) in [6.45, 7) is 3.19. The normalized spacial score (nSPS) is 11.5. The summed E-state index contributed by atoms with van der Waals surface area (Å²) < 4.78 is 34.0. The Labute approximate surface area is 249 Å². The number of carbonyl (C=O) groups is 2.